The Labute approximate surface area is 106 Å². The van der Waals surface area contributed by atoms with Crippen molar-refractivity contribution in [3.05, 3.63) is 33.9 Å². The molecule has 0 unspecified atom stereocenters. The van der Waals surface area contributed by atoms with Gasteiger partial charge in [-0.3, -0.25) is 0 Å². The Hall–Kier alpha value is -1.59. The van der Waals surface area contributed by atoms with Crippen LogP contribution in [0.4, 0.5) is 0 Å². The van der Waals surface area contributed by atoms with Crippen LogP contribution in [0.1, 0.15) is 5.69 Å². The van der Waals surface area contributed by atoms with Gasteiger partial charge in [0.05, 0.1) is 21.4 Å². The monoisotopic (exact) mass is 268 g/mol. The standard InChI is InChI=1S/C10H6Cl2N4O/c1-5-9-10(15-17-14-9)16(13-5)6-2-3-7(11)8(12)4-6/h2-4H,1H3. The van der Waals surface area contributed by atoms with Crippen LogP contribution in [-0.2, 0) is 0 Å². The molecule has 86 valence electrons. The fraction of sp³-hybridized carbons (Fsp3) is 0.100. The number of halogens is 2. The van der Waals surface area contributed by atoms with Crippen LogP contribution in [0.2, 0.25) is 10.0 Å². The molecule has 5 nitrogen and oxygen atoms in total. The minimum absolute atomic E-state index is 0.460. The van der Waals surface area contributed by atoms with Gasteiger partial charge in [0.2, 0.25) is 5.65 Å². The maximum Gasteiger partial charge on any atom is 0.227 e. The summed E-state index contributed by atoms with van der Waals surface area (Å²) in [7, 11) is 0. The van der Waals surface area contributed by atoms with Gasteiger partial charge in [0.15, 0.2) is 5.52 Å². The summed E-state index contributed by atoms with van der Waals surface area (Å²) in [6.45, 7) is 1.83. The molecular formula is C10H6Cl2N4O. The zero-order chi connectivity index (χ0) is 12.0. The molecular weight excluding hydrogens is 263 g/mol. The second kappa shape index (κ2) is 3.72. The molecule has 17 heavy (non-hydrogen) atoms. The number of aryl methyl sites for hydroxylation is 1. The van der Waals surface area contributed by atoms with Crippen molar-refractivity contribution in [2.24, 2.45) is 0 Å². The predicted molar refractivity (Wildman–Crippen MR) is 63.7 cm³/mol. The third kappa shape index (κ3) is 1.59. The van der Waals surface area contributed by atoms with Gasteiger partial charge in [-0.1, -0.05) is 23.2 Å². The molecule has 0 aliphatic carbocycles. The second-order valence-electron chi connectivity index (χ2n) is 3.53. The fourth-order valence-electron chi connectivity index (χ4n) is 1.59. The van der Waals surface area contributed by atoms with Crippen LogP contribution < -0.4 is 0 Å². The summed E-state index contributed by atoms with van der Waals surface area (Å²) < 4.78 is 6.30. The lowest BCUT2D eigenvalue weighted by Crippen LogP contribution is -1.97. The van der Waals surface area contributed by atoms with E-state index in [2.05, 4.69) is 20.0 Å². The van der Waals surface area contributed by atoms with Gasteiger partial charge in [-0.25, -0.2) is 9.31 Å². The van der Waals surface area contributed by atoms with Crippen molar-refractivity contribution >= 4 is 34.4 Å². The van der Waals surface area contributed by atoms with E-state index >= 15 is 0 Å². The van der Waals surface area contributed by atoms with Crippen LogP contribution in [0, 0.1) is 6.92 Å². The number of benzene rings is 1. The van der Waals surface area contributed by atoms with Crippen LogP contribution >= 0.6 is 23.2 Å². The second-order valence-corrected chi connectivity index (χ2v) is 4.35. The zero-order valence-electron chi connectivity index (χ0n) is 8.69. The van der Waals surface area contributed by atoms with Crippen LogP contribution in [0.15, 0.2) is 22.8 Å². The highest BCUT2D eigenvalue weighted by molar-refractivity contribution is 6.42. The van der Waals surface area contributed by atoms with Crippen molar-refractivity contribution in [1.29, 1.82) is 0 Å². The average molecular weight is 269 g/mol. The van der Waals surface area contributed by atoms with E-state index in [4.69, 9.17) is 23.2 Å². The number of nitrogens with zero attached hydrogens (tertiary/aromatic N) is 4. The van der Waals surface area contributed by atoms with Crippen molar-refractivity contribution in [1.82, 2.24) is 20.1 Å². The van der Waals surface area contributed by atoms with E-state index in [1.807, 2.05) is 6.92 Å². The van der Waals surface area contributed by atoms with Crippen molar-refractivity contribution in [3.63, 3.8) is 0 Å². The van der Waals surface area contributed by atoms with E-state index < -0.39 is 0 Å². The third-order valence-corrected chi connectivity index (χ3v) is 3.15. The van der Waals surface area contributed by atoms with E-state index in [0.29, 0.717) is 21.2 Å². The number of rotatable bonds is 1. The molecule has 2 aromatic heterocycles. The van der Waals surface area contributed by atoms with Crippen molar-refractivity contribution < 1.29 is 4.63 Å². The lowest BCUT2D eigenvalue weighted by atomic mass is 10.3. The highest BCUT2D eigenvalue weighted by Crippen LogP contribution is 2.26. The van der Waals surface area contributed by atoms with E-state index in [-0.39, 0.29) is 0 Å². The molecule has 3 rings (SSSR count). The van der Waals surface area contributed by atoms with Crippen molar-refractivity contribution in [2.75, 3.05) is 0 Å². The Morgan fingerprint density at radius 1 is 1.18 bits per heavy atom. The topological polar surface area (TPSA) is 56.7 Å². The van der Waals surface area contributed by atoms with Gasteiger partial charge in [-0.05, 0) is 35.4 Å². The normalized spacial score (nSPS) is 11.2. The molecule has 2 heterocycles. The molecule has 0 saturated heterocycles. The van der Waals surface area contributed by atoms with Gasteiger partial charge in [-0.15, -0.1) is 0 Å². The predicted octanol–water partition coefficient (Wildman–Crippen LogP) is 3.02. The number of fused-ring (bicyclic) bond motifs is 1. The summed E-state index contributed by atoms with van der Waals surface area (Å²) in [6.07, 6.45) is 0. The molecule has 1 aromatic carbocycles. The van der Waals surface area contributed by atoms with Gasteiger partial charge in [0.25, 0.3) is 0 Å². The van der Waals surface area contributed by atoms with Crippen molar-refractivity contribution in [3.8, 4) is 5.69 Å². The molecule has 0 atom stereocenters. The van der Waals surface area contributed by atoms with Gasteiger partial charge >= 0.3 is 0 Å². The first-order valence-corrected chi connectivity index (χ1v) is 5.56. The maximum absolute atomic E-state index is 5.96. The Bertz CT molecular complexity index is 703. The molecule has 0 fully saturated rings. The highest BCUT2D eigenvalue weighted by atomic mass is 35.5. The molecule has 0 amide bonds. The summed E-state index contributed by atoms with van der Waals surface area (Å²) in [4.78, 5) is 0. The number of aromatic nitrogens is 4. The molecule has 0 aliphatic rings. The molecule has 0 aliphatic heterocycles. The number of hydrogen-bond donors (Lipinski definition) is 0. The minimum atomic E-state index is 0.460. The van der Waals surface area contributed by atoms with Crippen LogP contribution in [0.25, 0.3) is 16.9 Å². The van der Waals surface area contributed by atoms with E-state index in [9.17, 15) is 0 Å². The molecule has 0 spiro atoms. The lowest BCUT2D eigenvalue weighted by molar-refractivity contribution is 0.312. The SMILES string of the molecule is Cc1nn(-c2ccc(Cl)c(Cl)c2)c2nonc12. The summed E-state index contributed by atoms with van der Waals surface area (Å²) in [5.74, 6) is 0. The summed E-state index contributed by atoms with van der Waals surface area (Å²) in [5, 5.41) is 12.9. The maximum atomic E-state index is 5.96. The van der Waals surface area contributed by atoms with Crippen LogP contribution in [0.5, 0.6) is 0 Å². The Morgan fingerprint density at radius 2 is 2.00 bits per heavy atom. The molecule has 0 bridgehead atoms. The average Bonchev–Trinajstić information content (AvgIpc) is 2.87. The third-order valence-electron chi connectivity index (χ3n) is 2.41. The van der Waals surface area contributed by atoms with Crippen LogP contribution in [-0.4, -0.2) is 20.1 Å². The minimum Gasteiger partial charge on any atom is -0.242 e. The molecule has 0 radical (unpaired) electrons. The molecule has 7 heteroatoms. The lowest BCUT2D eigenvalue weighted by Gasteiger charge is -2.02. The smallest absolute Gasteiger partial charge is 0.227 e. The quantitative estimate of drug-likeness (QED) is 0.681. The van der Waals surface area contributed by atoms with Gasteiger partial charge < -0.3 is 0 Å². The van der Waals surface area contributed by atoms with Gasteiger partial charge in [-0.2, -0.15) is 5.10 Å². The first-order chi connectivity index (χ1) is 8.16. The van der Waals surface area contributed by atoms with Gasteiger partial charge in [0.1, 0.15) is 0 Å². The largest absolute Gasteiger partial charge is 0.242 e. The zero-order valence-corrected chi connectivity index (χ0v) is 10.2. The van der Waals surface area contributed by atoms with Crippen molar-refractivity contribution in [2.45, 2.75) is 6.92 Å². The summed E-state index contributed by atoms with van der Waals surface area (Å²) >= 11 is 11.8. The van der Waals surface area contributed by atoms with Crippen LogP contribution in [0.3, 0.4) is 0 Å². The molecule has 0 saturated carbocycles. The van der Waals surface area contributed by atoms with E-state index in [1.165, 1.54) is 0 Å². The van der Waals surface area contributed by atoms with E-state index in [1.54, 1.807) is 22.9 Å². The van der Waals surface area contributed by atoms with Gasteiger partial charge in [0, 0.05) is 0 Å². The first-order valence-electron chi connectivity index (χ1n) is 4.80. The Kier molecular flexibility index (Phi) is 2.31. The Balaban J connectivity index is 2.26. The van der Waals surface area contributed by atoms with E-state index in [0.717, 1.165) is 11.4 Å². The number of hydrogen-bond acceptors (Lipinski definition) is 4. The summed E-state index contributed by atoms with van der Waals surface area (Å²) in [6, 6.07) is 5.22. The summed E-state index contributed by atoms with van der Waals surface area (Å²) in [5.41, 5.74) is 2.69. The fourth-order valence-corrected chi connectivity index (χ4v) is 1.88. The highest BCUT2D eigenvalue weighted by Gasteiger charge is 2.14. The Morgan fingerprint density at radius 3 is 2.76 bits per heavy atom. The molecule has 3 aromatic rings. The first kappa shape index (κ1) is 10.6. The molecule has 0 N–H and O–H groups in total.